The second-order valence-corrected chi connectivity index (χ2v) is 15.9. The van der Waals surface area contributed by atoms with Crippen LogP contribution in [0.2, 0.25) is 0 Å². The van der Waals surface area contributed by atoms with E-state index in [0.29, 0.717) is 6.42 Å². The minimum Gasteiger partial charge on any atom is -0.462 e. The molecule has 1 aliphatic rings. The summed E-state index contributed by atoms with van der Waals surface area (Å²) in [7, 11) is 0. The molecule has 320 valence electrons. The largest absolute Gasteiger partial charge is 0.462 e. The van der Waals surface area contributed by atoms with Gasteiger partial charge in [0.15, 0.2) is 12.4 Å². The normalized spacial score (nSPS) is 20.6. The van der Waals surface area contributed by atoms with Gasteiger partial charge in [-0.1, -0.05) is 187 Å². The van der Waals surface area contributed by atoms with Crippen molar-refractivity contribution in [1.29, 1.82) is 0 Å². The maximum absolute atomic E-state index is 12.6. The first kappa shape index (κ1) is 50.7. The Kier molecular flexibility index (Phi) is 33.9. The van der Waals surface area contributed by atoms with Crippen LogP contribution in [0.1, 0.15) is 213 Å². The van der Waals surface area contributed by atoms with Gasteiger partial charge in [-0.15, -0.1) is 0 Å². The second kappa shape index (κ2) is 36.1. The van der Waals surface area contributed by atoms with Crippen molar-refractivity contribution in [3.63, 3.8) is 0 Å². The third kappa shape index (κ3) is 27.3. The molecule has 1 fully saturated rings. The Morgan fingerprint density at radius 3 is 1.26 bits per heavy atom. The molecule has 6 atom stereocenters. The van der Waals surface area contributed by atoms with Gasteiger partial charge >= 0.3 is 11.9 Å². The molecule has 0 saturated carbocycles. The van der Waals surface area contributed by atoms with Crippen LogP contribution in [-0.4, -0.2) is 89.0 Å². The van der Waals surface area contributed by atoms with E-state index in [9.17, 15) is 30.0 Å². The number of ether oxygens (including phenoxy) is 4. The van der Waals surface area contributed by atoms with E-state index in [-0.39, 0.29) is 32.0 Å². The number of esters is 2. The molecule has 54 heavy (non-hydrogen) atoms. The highest BCUT2D eigenvalue weighted by Gasteiger charge is 2.44. The molecule has 1 heterocycles. The van der Waals surface area contributed by atoms with Crippen molar-refractivity contribution in [2.75, 3.05) is 19.8 Å². The molecule has 0 aromatic carbocycles. The summed E-state index contributed by atoms with van der Waals surface area (Å²) >= 11 is 0. The third-order valence-corrected chi connectivity index (χ3v) is 10.7. The number of hydrogen-bond donors (Lipinski definition) is 4. The van der Waals surface area contributed by atoms with E-state index in [1.54, 1.807) is 0 Å². The lowest BCUT2D eigenvalue weighted by Crippen LogP contribution is -2.59. The van der Waals surface area contributed by atoms with Gasteiger partial charge in [0.1, 0.15) is 31.0 Å². The summed E-state index contributed by atoms with van der Waals surface area (Å²) in [5.41, 5.74) is 0. The quantitative estimate of drug-likeness (QED) is 0.0353. The van der Waals surface area contributed by atoms with Crippen LogP contribution in [-0.2, 0) is 28.5 Å². The van der Waals surface area contributed by atoms with Gasteiger partial charge in [0.25, 0.3) is 0 Å². The summed E-state index contributed by atoms with van der Waals surface area (Å²) in [5, 5.41) is 39.9. The molecule has 1 saturated heterocycles. The van der Waals surface area contributed by atoms with Crippen LogP contribution in [0, 0.1) is 0 Å². The molecule has 10 nitrogen and oxygen atoms in total. The van der Waals surface area contributed by atoms with Crippen LogP contribution in [0.25, 0.3) is 0 Å². The number of unbranched alkanes of at least 4 members (excludes halogenated alkanes) is 27. The minimum atomic E-state index is -1.59. The third-order valence-electron chi connectivity index (χ3n) is 10.7. The van der Waals surface area contributed by atoms with Crippen LogP contribution >= 0.6 is 0 Å². The highest BCUT2D eigenvalue weighted by Crippen LogP contribution is 2.23. The molecular weight excluding hydrogens is 688 g/mol. The number of aliphatic hydroxyl groups excluding tert-OH is 4. The van der Waals surface area contributed by atoms with Gasteiger partial charge in [0.2, 0.25) is 0 Å². The highest BCUT2D eigenvalue weighted by molar-refractivity contribution is 5.70. The summed E-state index contributed by atoms with van der Waals surface area (Å²) in [6, 6.07) is 0. The molecule has 0 amide bonds. The Labute approximate surface area is 329 Å². The lowest BCUT2D eigenvalue weighted by atomic mass is 9.99. The average molecular weight is 773 g/mol. The molecule has 0 aromatic heterocycles. The SMILES string of the molecule is CCCCCCCCCCCCCCCCCCCCCCCCC(=O)OC[C@@H](CO[C@H]1O[C@@H](CO)[C@@H](O)C(O)C1O)OC(=O)CCCCCCCCC. The van der Waals surface area contributed by atoms with Crippen molar-refractivity contribution < 1.29 is 49.0 Å². The smallest absolute Gasteiger partial charge is 0.306 e. The molecule has 0 bridgehead atoms. The summed E-state index contributed by atoms with van der Waals surface area (Å²) < 4.78 is 22.1. The highest BCUT2D eigenvalue weighted by atomic mass is 16.7. The fourth-order valence-corrected chi connectivity index (χ4v) is 7.13. The van der Waals surface area contributed by atoms with Gasteiger partial charge < -0.3 is 39.4 Å². The molecular formula is C44H84O10. The van der Waals surface area contributed by atoms with Crippen LogP contribution in [0.15, 0.2) is 0 Å². The molecule has 1 rings (SSSR count). The molecule has 4 N–H and O–H groups in total. The predicted molar refractivity (Wildman–Crippen MR) is 215 cm³/mol. The Balaban J connectivity index is 2.17. The Hall–Kier alpha value is -1.30. The van der Waals surface area contributed by atoms with Crippen LogP contribution in [0.4, 0.5) is 0 Å². The number of hydrogen-bond acceptors (Lipinski definition) is 10. The van der Waals surface area contributed by atoms with E-state index in [0.717, 1.165) is 38.5 Å². The van der Waals surface area contributed by atoms with E-state index in [1.807, 2.05) is 0 Å². The zero-order valence-electron chi connectivity index (χ0n) is 34.7. The molecule has 2 unspecified atom stereocenters. The van der Waals surface area contributed by atoms with Gasteiger partial charge in [-0.05, 0) is 12.8 Å². The topological polar surface area (TPSA) is 152 Å². The molecule has 0 radical (unpaired) electrons. The zero-order valence-corrected chi connectivity index (χ0v) is 34.7. The van der Waals surface area contributed by atoms with E-state index >= 15 is 0 Å². The van der Waals surface area contributed by atoms with Crippen LogP contribution < -0.4 is 0 Å². The first-order valence-electron chi connectivity index (χ1n) is 22.6. The van der Waals surface area contributed by atoms with Gasteiger partial charge in [0, 0.05) is 12.8 Å². The van der Waals surface area contributed by atoms with Crippen molar-refractivity contribution in [3.05, 3.63) is 0 Å². The van der Waals surface area contributed by atoms with E-state index in [1.165, 1.54) is 141 Å². The van der Waals surface area contributed by atoms with Crippen molar-refractivity contribution in [2.24, 2.45) is 0 Å². The van der Waals surface area contributed by atoms with Gasteiger partial charge in [0.05, 0.1) is 13.2 Å². The van der Waals surface area contributed by atoms with Gasteiger partial charge in [-0.2, -0.15) is 0 Å². The Morgan fingerprint density at radius 1 is 0.500 bits per heavy atom. The summed E-state index contributed by atoms with van der Waals surface area (Å²) in [6.45, 7) is 3.39. The van der Waals surface area contributed by atoms with Crippen LogP contribution in [0.3, 0.4) is 0 Å². The van der Waals surface area contributed by atoms with Gasteiger partial charge in [-0.25, -0.2) is 0 Å². The Morgan fingerprint density at radius 2 is 0.870 bits per heavy atom. The van der Waals surface area contributed by atoms with Crippen molar-refractivity contribution in [2.45, 2.75) is 250 Å². The van der Waals surface area contributed by atoms with E-state index in [2.05, 4.69) is 13.8 Å². The van der Waals surface area contributed by atoms with E-state index in [4.69, 9.17) is 18.9 Å². The molecule has 1 aliphatic heterocycles. The van der Waals surface area contributed by atoms with E-state index < -0.39 is 49.4 Å². The number of aliphatic hydroxyl groups is 4. The summed E-state index contributed by atoms with van der Waals surface area (Å²) in [5.74, 6) is -0.800. The molecule has 0 spiro atoms. The van der Waals surface area contributed by atoms with Crippen molar-refractivity contribution in [3.8, 4) is 0 Å². The first-order valence-corrected chi connectivity index (χ1v) is 22.6. The van der Waals surface area contributed by atoms with Crippen molar-refractivity contribution >= 4 is 11.9 Å². The standard InChI is InChI=1S/C44H84O10/c1-3-5-7-9-11-12-13-14-15-16-17-18-19-20-21-22-23-24-25-27-28-30-32-39(46)51-35-37(53-40(47)33-31-29-26-10-8-6-4-2)36-52-44-43(50)42(49)41(48)38(34-45)54-44/h37-38,41-45,48-50H,3-36H2,1-2H3/t37-,38-,41+,42?,43?,44-/m0/s1. The number of carbonyl (C=O) groups is 2. The fourth-order valence-electron chi connectivity index (χ4n) is 7.13. The average Bonchev–Trinajstić information content (AvgIpc) is 3.17. The first-order chi connectivity index (χ1) is 26.3. The van der Waals surface area contributed by atoms with Crippen molar-refractivity contribution in [1.82, 2.24) is 0 Å². The maximum Gasteiger partial charge on any atom is 0.306 e. The fraction of sp³-hybridized carbons (Fsp3) is 0.955. The maximum atomic E-state index is 12.6. The molecule has 10 heteroatoms. The monoisotopic (exact) mass is 773 g/mol. The number of rotatable bonds is 38. The minimum absolute atomic E-state index is 0.210. The predicted octanol–water partition coefficient (Wildman–Crippen LogP) is 9.39. The number of carbonyl (C=O) groups excluding carboxylic acids is 2. The van der Waals surface area contributed by atoms with Gasteiger partial charge in [-0.3, -0.25) is 9.59 Å². The molecule has 0 aliphatic carbocycles. The summed E-state index contributed by atoms with van der Waals surface area (Å²) in [4.78, 5) is 25.1. The zero-order chi connectivity index (χ0) is 39.5. The van der Waals surface area contributed by atoms with Crippen LogP contribution in [0.5, 0.6) is 0 Å². The lowest BCUT2D eigenvalue weighted by Gasteiger charge is -2.39. The molecule has 0 aromatic rings. The second-order valence-electron chi connectivity index (χ2n) is 15.9. The Bertz CT molecular complexity index is 855. The lowest BCUT2D eigenvalue weighted by molar-refractivity contribution is -0.305. The summed E-state index contributed by atoms with van der Waals surface area (Å²) in [6.07, 6.45) is 28.6.